The molecule has 0 saturated carbocycles. The predicted octanol–water partition coefficient (Wildman–Crippen LogP) is 3.69. The average molecular weight is 251 g/mol. The lowest BCUT2D eigenvalue weighted by molar-refractivity contribution is 0.620. The van der Waals surface area contributed by atoms with Crippen LogP contribution in [-0.2, 0) is 6.42 Å². The second kappa shape index (κ2) is 4.71. The highest BCUT2D eigenvalue weighted by molar-refractivity contribution is 6.32. The van der Waals surface area contributed by atoms with Gasteiger partial charge in [-0.3, -0.25) is 0 Å². The number of hydrogen-bond acceptors (Lipinski definition) is 1. The number of aromatic nitrogens is 1. The van der Waals surface area contributed by atoms with Crippen LogP contribution in [0.2, 0.25) is 5.02 Å². The zero-order chi connectivity index (χ0) is 12.6. The summed E-state index contributed by atoms with van der Waals surface area (Å²) in [7, 11) is 0. The van der Waals surface area contributed by atoms with Crippen LogP contribution in [0.3, 0.4) is 0 Å². The van der Waals surface area contributed by atoms with Crippen molar-refractivity contribution >= 4 is 22.5 Å². The third kappa shape index (κ3) is 2.07. The quantitative estimate of drug-likeness (QED) is 0.885. The van der Waals surface area contributed by atoms with Crippen molar-refractivity contribution in [2.24, 2.45) is 5.73 Å². The van der Waals surface area contributed by atoms with Crippen molar-refractivity contribution in [1.29, 1.82) is 0 Å². The van der Waals surface area contributed by atoms with Gasteiger partial charge in [0, 0.05) is 22.6 Å². The van der Waals surface area contributed by atoms with E-state index in [0.717, 1.165) is 17.0 Å². The Morgan fingerprint density at radius 1 is 1.35 bits per heavy atom. The molecule has 0 spiro atoms. The predicted molar refractivity (Wildman–Crippen MR) is 74.8 cm³/mol. The van der Waals surface area contributed by atoms with Gasteiger partial charge in [-0.15, -0.1) is 0 Å². The summed E-state index contributed by atoms with van der Waals surface area (Å²) in [6.07, 6.45) is 3.13. The largest absolute Gasteiger partial charge is 0.344 e. The molecule has 0 saturated heterocycles. The Hall–Kier alpha value is -0.990. The number of nitrogens with zero attached hydrogens (tertiary/aromatic N) is 1. The lowest BCUT2D eigenvalue weighted by Crippen LogP contribution is -2.02. The van der Waals surface area contributed by atoms with Gasteiger partial charge in [-0.25, -0.2) is 0 Å². The highest BCUT2D eigenvalue weighted by Gasteiger charge is 2.13. The van der Waals surface area contributed by atoms with Gasteiger partial charge in [-0.2, -0.15) is 0 Å². The molecule has 3 heteroatoms. The Morgan fingerprint density at radius 3 is 2.65 bits per heavy atom. The molecule has 0 aliphatic rings. The monoisotopic (exact) mass is 250 g/mol. The molecule has 0 radical (unpaired) electrons. The topological polar surface area (TPSA) is 30.9 Å². The van der Waals surface area contributed by atoms with Crippen LogP contribution in [-0.4, -0.2) is 11.1 Å². The molecular formula is C14H19ClN2. The van der Waals surface area contributed by atoms with E-state index in [2.05, 4.69) is 37.6 Å². The van der Waals surface area contributed by atoms with Crippen LogP contribution < -0.4 is 5.73 Å². The second-order valence-corrected chi connectivity index (χ2v) is 5.17. The summed E-state index contributed by atoms with van der Waals surface area (Å²) in [6, 6.07) is 4.51. The maximum absolute atomic E-state index is 6.21. The van der Waals surface area contributed by atoms with E-state index in [9.17, 15) is 0 Å². The van der Waals surface area contributed by atoms with E-state index in [-0.39, 0.29) is 0 Å². The summed E-state index contributed by atoms with van der Waals surface area (Å²) in [5, 5.41) is 2.11. The Labute approximate surface area is 107 Å². The Bertz CT molecular complexity index is 541. The maximum atomic E-state index is 6.21. The number of rotatable bonds is 3. The van der Waals surface area contributed by atoms with Gasteiger partial charge in [-0.1, -0.05) is 17.7 Å². The zero-order valence-corrected chi connectivity index (χ0v) is 11.4. The van der Waals surface area contributed by atoms with Crippen LogP contribution in [0.25, 0.3) is 10.9 Å². The molecule has 17 heavy (non-hydrogen) atoms. The van der Waals surface area contributed by atoms with E-state index in [0.29, 0.717) is 12.6 Å². The molecule has 1 heterocycles. The van der Waals surface area contributed by atoms with Gasteiger partial charge in [0.2, 0.25) is 0 Å². The van der Waals surface area contributed by atoms with Gasteiger partial charge in [0.25, 0.3) is 0 Å². The number of benzene rings is 1. The molecule has 1 aromatic heterocycles. The molecule has 0 aliphatic carbocycles. The summed E-state index contributed by atoms with van der Waals surface area (Å²) < 4.78 is 2.29. The molecule has 2 N–H and O–H groups in total. The molecule has 92 valence electrons. The second-order valence-electron chi connectivity index (χ2n) is 4.76. The van der Waals surface area contributed by atoms with E-state index < -0.39 is 0 Å². The molecule has 0 atom stereocenters. The third-order valence-electron chi connectivity index (χ3n) is 3.23. The molecule has 1 aromatic carbocycles. The fraction of sp³-hybridized carbons (Fsp3) is 0.429. The maximum Gasteiger partial charge on any atom is 0.0530 e. The van der Waals surface area contributed by atoms with Gasteiger partial charge in [-0.05, 0) is 50.9 Å². The highest BCUT2D eigenvalue weighted by atomic mass is 35.5. The normalized spacial score (nSPS) is 11.6. The number of fused-ring (bicyclic) bond motifs is 1. The number of aryl methyl sites for hydroxylation is 1. The van der Waals surface area contributed by atoms with Crippen LogP contribution >= 0.6 is 11.6 Å². The van der Waals surface area contributed by atoms with Gasteiger partial charge in [0.05, 0.1) is 5.52 Å². The summed E-state index contributed by atoms with van der Waals surface area (Å²) >= 11 is 6.21. The van der Waals surface area contributed by atoms with Crippen LogP contribution in [0.1, 0.15) is 31.0 Å². The number of hydrogen-bond donors (Lipinski definition) is 1. The van der Waals surface area contributed by atoms with Crippen LogP contribution in [0.5, 0.6) is 0 Å². The van der Waals surface area contributed by atoms with Crippen molar-refractivity contribution < 1.29 is 0 Å². The fourth-order valence-corrected chi connectivity index (χ4v) is 2.48. The van der Waals surface area contributed by atoms with Gasteiger partial charge < -0.3 is 10.3 Å². The van der Waals surface area contributed by atoms with E-state index in [1.807, 2.05) is 6.07 Å². The fourth-order valence-electron chi connectivity index (χ4n) is 2.33. The lowest BCUT2D eigenvalue weighted by Gasteiger charge is -2.11. The minimum absolute atomic E-state index is 0.432. The van der Waals surface area contributed by atoms with Gasteiger partial charge in [0.1, 0.15) is 0 Å². The molecular weight excluding hydrogens is 232 g/mol. The van der Waals surface area contributed by atoms with Crippen molar-refractivity contribution in [3.63, 3.8) is 0 Å². The minimum Gasteiger partial charge on any atom is -0.344 e. The zero-order valence-electron chi connectivity index (χ0n) is 10.6. The SMILES string of the molecule is Cc1c(Cl)ccc2c(CCN)cn(C(C)C)c12. The van der Waals surface area contributed by atoms with Crippen molar-refractivity contribution in [1.82, 2.24) is 4.57 Å². The van der Waals surface area contributed by atoms with Crippen LogP contribution in [0.4, 0.5) is 0 Å². The third-order valence-corrected chi connectivity index (χ3v) is 3.64. The summed E-state index contributed by atoms with van der Waals surface area (Å²) in [5.74, 6) is 0. The first kappa shape index (κ1) is 12.5. The summed E-state index contributed by atoms with van der Waals surface area (Å²) in [4.78, 5) is 0. The highest BCUT2D eigenvalue weighted by Crippen LogP contribution is 2.31. The van der Waals surface area contributed by atoms with Crippen LogP contribution in [0, 0.1) is 6.92 Å². The van der Waals surface area contributed by atoms with E-state index in [1.54, 1.807) is 0 Å². The lowest BCUT2D eigenvalue weighted by atomic mass is 10.1. The number of nitrogens with two attached hydrogens (primary N) is 1. The molecule has 0 amide bonds. The molecule has 0 bridgehead atoms. The van der Waals surface area contributed by atoms with Gasteiger partial charge in [0.15, 0.2) is 0 Å². The number of halogens is 1. The van der Waals surface area contributed by atoms with E-state index in [4.69, 9.17) is 17.3 Å². The standard InChI is InChI=1S/C14H19ClN2/c1-9(2)17-8-11(6-7-16)12-4-5-13(15)10(3)14(12)17/h4-5,8-9H,6-7,16H2,1-3H3. The van der Waals surface area contributed by atoms with E-state index >= 15 is 0 Å². The van der Waals surface area contributed by atoms with E-state index in [1.165, 1.54) is 16.5 Å². The molecule has 2 aromatic rings. The van der Waals surface area contributed by atoms with Crippen molar-refractivity contribution in [3.05, 3.63) is 34.5 Å². The van der Waals surface area contributed by atoms with Gasteiger partial charge >= 0.3 is 0 Å². The van der Waals surface area contributed by atoms with Crippen molar-refractivity contribution in [3.8, 4) is 0 Å². The molecule has 2 rings (SSSR count). The summed E-state index contributed by atoms with van der Waals surface area (Å²) in [5.41, 5.74) is 9.39. The molecule has 0 unspecified atom stereocenters. The Kier molecular flexibility index (Phi) is 3.45. The first-order valence-electron chi connectivity index (χ1n) is 6.04. The first-order chi connectivity index (χ1) is 8.06. The first-order valence-corrected chi connectivity index (χ1v) is 6.42. The molecule has 0 fully saturated rings. The molecule has 0 aliphatic heterocycles. The Morgan fingerprint density at radius 2 is 2.06 bits per heavy atom. The van der Waals surface area contributed by atoms with Crippen molar-refractivity contribution in [2.45, 2.75) is 33.2 Å². The average Bonchev–Trinajstić information content (AvgIpc) is 2.64. The Balaban J connectivity index is 2.77. The minimum atomic E-state index is 0.432. The van der Waals surface area contributed by atoms with Crippen molar-refractivity contribution in [2.75, 3.05) is 6.54 Å². The smallest absolute Gasteiger partial charge is 0.0530 e. The summed E-state index contributed by atoms with van der Waals surface area (Å²) in [6.45, 7) is 7.13. The van der Waals surface area contributed by atoms with Crippen LogP contribution in [0.15, 0.2) is 18.3 Å². The molecule has 2 nitrogen and oxygen atoms in total.